The zero-order valence-electron chi connectivity index (χ0n) is 15.4. The van der Waals surface area contributed by atoms with Gasteiger partial charge in [-0.3, -0.25) is 4.90 Å². The average molecular weight is 387 g/mol. The number of rotatable bonds is 10. The summed E-state index contributed by atoms with van der Waals surface area (Å²) < 4.78 is 37.0. The fourth-order valence-corrected chi connectivity index (χ4v) is 2.92. The molecular weight excluding hydrogens is 364 g/mol. The first-order chi connectivity index (χ1) is 13.6. The number of hydrogen-bond donors (Lipinski definition) is 1. The maximum absolute atomic E-state index is 13.2. The molecule has 0 saturated heterocycles. The highest BCUT2D eigenvalue weighted by atomic mass is 19.1. The molecule has 1 heterocycles. The van der Waals surface area contributed by atoms with E-state index in [0.717, 1.165) is 11.1 Å². The van der Waals surface area contributed by atoms with Gasteiger partial charge in [0.05, 0.1) is 19.0 Å². The Balaban J connectivity index is 1.58. The van der Waals surface area contributed by atoms with Gasteiger partial charge in [0.25, 0.3) is 0 Å². The summed E-state index contributed by atoms with van der Waals surface area (Å²) in [5.41, 5.74) is 1.85. The quantitative estimate of drug-likeness (QED) is 0.568. The number of nitrogens with zero attached hydrogens (tertiary/aromatic N) is 1. The van der Waals surface area contributed by atoms with Crippen molar-refractivity contribution in [1.29, 1.82) is 0 Å². The van der Waals surface area contributed by atoms with Crippen molar-refractivity contribution in [2.45, 2.75) is 25.8 Å². The van der Waals surface area contributed by atoms with Crippen molar-refractivity contribution in [3.63, 3.8) is 0 Å². The second-order valence-corrected chi connectivity index (χ2v) is 6.67. The standard InChI is InChI=1S/C22H23F2NO3/c23-19-7-3-17(4-8-19)12-25(13-18-5-9-20(24)10-6-18)14-21(26)15-27-16-22-2-1-11-28-22/h1-11,21,26H,12-16H2/t21-/m0/s1. The smallest absolute Gasteiger partial charge is 0.129 e. The van der Waals surface area contributed by atoms with E-state index in [1.807, 2.05) is 11.0 Å². The van der Waals surface area contributed by atoms with Crippen LogP contribution in [0.3, 0.4) is 0 Å². The van der Waals surface area contributed by atoms with Crippen LogP contribution < -0.4 is 0 Å². The van der Waals surface area contributed by atoms with Gasteiger partial charge in [0.2, 0.25) is 0 Å². The van der Waals surface area contributed by atoms with Crippen molar-refractivity contribution in [1.82, 2.24) is 4.90 Å². The number of benzene rings is 2. The average Bonchev–Trinajstić information content (AvgIpc) is 3.19. The van der Waals surface area contributed by atoms with Crippen LogP contribution in [0.4, 0.5) is 8.78 Å². The van der Waals surface area contributed by atoms with Crippen LogP contribution >= 0.6 is 0 Å². The molecule has 0 spiro atoms. The van der Waals surface area contributed by atoms with E-state index in [4.69, 9.17) is 9.15 Å². The van der Waals surface area contributed by atoms with Gasteiger partial charge in [-0.15, -0.1) is 0 Å². The van der Waals surface area contributed by atoms with Crippen LogP contribution in [0, 0.1) is 11.6 Å². The van der Waals surface area contributed by atoms with Crippen molar-refractivity contribution >= 4 is 0 Å². The molecule has 0 bridgehead atoms. The number of furan rings is 1. The molecule has 1 aromatic heterocycles. The van der Waals surface area contributed by atoms with Gasteiger partial charge in [-0.25, -0.2) is 8.78 Å². The van der Waals surface area contributed by atoms with Gasteiger partial charge in [-0.05, 0) is 47.5 Å². The highest BCUT2D eigenvalue weighted by molar-refractivity contribution is 5.18. The fraction of sp³-hybridized carbons (Fsp3) is 0.273. The second-order valence-electron chi connectivity index (χ2n) is 6.67. The number of aliphatic hydroxyl groups excluding tert-OH is 1. The van der Waals surface area contributed by atoms with E-state index >= 15 is 0 Å². The summed E-state index contributed by atoms with van der Waals surface area (Å²) in [6.45, 7) is 1.84. The summed E-state index contributed by atoms with van der Waals surface area (Å²) in [6, 6.07) is 16.1. The third kappa shape index (κ3) is 6.56. The maximum atomic E-state index is 13.2. The second kappa shape index (κ2) is 10.1. The lowest BCUT2D eigenvalue weighted by Crippen LogP contribution is -2.34. The zero-order valence-corrected chi connectivity index (χ0v) is 15.4. The van der Waals surface area contributed by atoms with Crippen LogP contribution in [-0.2, 0) is 24.4 Å². The highest BCUT2D eigenvalue weighted by Gasteiger charge is 2.14. The van der Waals surface area contributed by atoms with Crippen LogP contribution in [-0.4, -0.2) is 29.3 Å². The van der Waals surface area contributed by atoms with Crippen LogP contribution in [0.2, 0.25) is 0 Å². The molecule has 0 aliphatic carbocycles. The lowest BCUT2D eigenvalue weighted by molar-refractivity contribution is 0.00253. The molecule has 2 aromatic carbocycles. The number of aliphatic hydroxyl groups is 1. The molecule has 0 fully saturated rings. The molecule has 0 radical (unpaired) electrons. The van der Waals surface area contributed by atoms with Crippen molar-refractivity contribution in [3.8, 4) is 0 Å². The third-order valence-electron chi connectivity index (χ3n) is 4.24. The Morgan fingerprint density at radius 1 is 0.893 bits per heavy atom. The van der Waals surface area contributed by atoms with Crippen LogP contribution in [0.5, 0.6) is 0 Å². The van der Waals surface area contributed by atoms with E-state index in [1.54, 1.807) is 36.6 Å². The molecular formula is C22H23F2NO3. The zero-order chi connectivity index (χ0) is 19.8. The maximum Gasteiger partial charge on any atom is 0.129 e. The minimum absolute atomic E-state index is 0.157. The topological polar surface area (TPSA) is 45.8 Å². The molecule has 0 saturated carbocycles. The monoisotopic (exact) mass is 387 g/mol. The first-order valence-corrected chi connectivity index (χ1v) is 9.08. The Labute approximate surface area is 163 Å². The Morgan fingerprint density at radius 2 is 1.46 bits per heavy atom. The molecule has 0 amide bonds. The van der Waals surface area contributed by atoms with Crippen LogP contribution in [0.25, 0.3) is 0 Å². The molecule has 4 nitrogen and oxygen atoms in total. The lowest BCUT2D eigenvalue weighted by atomic mass is 10.1. The molecule has 0 aliphatic rings. The molecule has 1 atom stereocenters. The minimum atomic E-state index is -0.712. The van der Waals surface area contributed by atoms with Crippen LogP contribution in [0.1, 0.15) is 16.9 Å². The van der Waals surface area contributed by atoms with Crippen molar-refractivity contribution in [2.75, 3.05) is 13.2 Å². The summed E-state index contributed by atoms with van der Waals surface area (Å²) >= 11 is 0. The summed E-state index contributed by atoms with van der Waals surface area (Å²) in [4.78, 5) is 2.02. The minimum Gasteiger partial charge on any atom is -0.467 e. The fourth-order valence-electron chi connectivity index (χ4n) is 2.92. The van der Waals surface area contributed by atoms with Crippen molar-refractivity contribution in [2.24, 2.45) is 0 Å². The first-order valence-electron chi connectivity index (χ1n) is 9.08. The normalized spacial score (nSPS) is 12.4. The molecule has 3 aromatic rings. The van der Waals surface area contributed by atoms with E-state index < -0.39 is 6.10 Å². The van der Waals surface area contributed by atoms with Crippen LogP contribution in [0.15, 0.2) is 71.3 Å². The Bertz CT molecular complexity index is 773. The Morgan fingerprint density at radius 3 is 1.96 bits per heavy atom. The largest absolute Gasteiger partial charge is 0.467 e. The van der Waals surface area contributed by atoms with E-state index in [9.17, 15) is 13.9 Å². The lowest BCUT2D eigenvalue weighted by Gasteiger charge is -2.25. The van der Waals surface area contributed by atoms with E-state index in [2.05, 4.69) is 0 Å². The van der Waals surface area contributed by atoms with E-state index in [1.165, 1.54) is 24.3 Å². The Hall–Kier alpha value is -2.54. The SMILES string of the molecule is O[C@H](COCc1ccco1)CN(Cc1ccc(F)cc1)Cc1ccc(F)cc1. The predicted molar refractivity (Wildman–Crippen MR) is 101 cm³/mol. The summed E-state index contributed by atoms with van der Waals surface area (Å²) in [5.74, 6) is 0.113. The van der Waals surface area contributed by atoms with Crippen molar-refractivity contribution < 1.29 is 23.0 Å². The predicted octanol–water partition coefficient (Wildman–Crippen LogP) is 4.14. The molecule has 28 heavy (non-hydrogen) atoms. The third-order valence-corrected chi connectivity index (χ3v) is 4.24. The van der Waals surface area contributed by atoms with E-state index in [-0.39, 0.29) is 18.2 Å². The molecule has 6 heteroatoms. The highest BCUT2D eigenvalue weighted by Crippen LogP contribution is 2.13. The van der Waals surface area contributed by atoms with Gasteiger partial charge >= 0.3 is 0 Å². The molecule has 0 unspecified atom stereocenters. The van der Waals surface area contributed by atoms with Gasteiger partial charge in [0, 0.05) is 19.6 Å². The van der Waals surface area contributed by atoms with E-state index in [0.29, 0.717) is 32.0 Å². The number of hydrogen-bond acceptors (Lipinski definition) is 4. The van der Waals surface area contributed by atoms with Gasteiger partial charge < -0.3 is 14.3 Å². The van der Waals surface area contributed by atoms with Gasteiger partial charge in [0.1, 0.15) is 24.0 Å². The summed E-state index contributed by atoms with van der Waals surface area (Å²) in [7, 11) is 0. The summed E-state index contributed by atoms with van der Waals surface area (Å²) in [6.07, 6.45) is 0.860. The molecule has 148 valence electrons. The molecule has 3 rings (SSSR count). The van der Waals surface area contributed by atoms with Crippen molar-refractivity contribution in [3.05, 3.63) is 95.4 Å². The molecule has 0 aliphatic heterocycles. The van der Waals surface area contributed by atoms with Gasteiger partial charge in [-0.2, -0.15) is 0 Å². The number of halogens is 2. The van der Waals surface area contributed by atoms with Gasteiger partial charge in [-0.1, -0.05) is 24.3 Å². The first kappa shape index (κ1) is 20.2. The Kier molecular flexibility index (Phi) is 7.31. The van der Waals surface area contributed by atoms with Gasteiger partial charge in [0.15, 0.2) is 0 Å². The summed E-state index contributed by atoms with van der Waals surface area (Å²) in [5, 5.41) is 10.4. The molecule has 1 N–H and O–H groups in total. The number of ether oxygens (including phenoxy) is 1.